The van der Waals surface area contributed by atoms with Crippen molar-refractivity contribution in [1.82, 2.24) is 4.90 Å². The second-order valence-electron chi connectivity index (χ2n) is 6.14. The molecule has 1 aromatic heterocycles. The number of hydrogen-bond acceptors (Lipinski definition) is 6. The summed E-state index contributed by atoms with van der Waals surface area (Å²) in [7, 11) is -3.13. The van der Waals surface area contributed by atoms with E-state index < -0.39 is 28.3 Å². The van der Waals surface area contributed by atoms with Crippen LogP contribution in [0.15, 0.2) is 24.5 Å². The summed E-state index contributed by atoms with van der Waals surface area (Å²) in [6.07, 6.45) is 3.38. The van der Waals surface area contributed by atoms with Gasteiger partial charge in [0.1, 0.15) is 0 Å². The maximum Gasteiger partial charge on any atom is 0.339 e. The summed E-state index contributed by atoms with van der Waals surface area (Å²) in [4.78, 5) is 26.0. The van der Waals surface area contributed by atoms with Crippen molar-refractivity contribution >= 4 is 21.7 Å². The summed E-state index contributed by atoms with van der Waals surface area (Å²) in [6, 6.07) is 2.06. The molecule has 0 aromatic carbocycles. The predicted molar refractivity (Wildman–Crippen MR) is 89.3 cm³/mol. The summed E-state index contributed by atoms with van der Waals surface area (Å²) in [5.41, 5.74) is 0.165. The zero-order chi connectivity index (χ0) is 18.6. The second kappa shape index (κ2) is 7.81. The van der Waals surface area contributed by atoms with Crippen molar-refractivity contribution in [2.45, 2.75) is 38.8 Å². The lowest BCUT2D eigenvalue weighted by molar-refractivity contribution is -0.605. The van der Waals surface area contributed by atoms with E-state index in [2.05, 4.69) is 0 Å². The van der Waals surface area contributed by atoms with E-state index in [0.29, 0.717) is 17.6 Å². The molecule has 0 saturated carbocycles. The Labute approximate surface area is 146 Å². The van der Waals surface area contributed by atoms with Gasteiger partial charge in [0.05, 0.1) is 17.1 Å². The fourth-order valence-corrected chi connectivity index (χ4v) is 4.55. The van der Waals surface area contributed by atoms with E-state index in [4.69, 9.17) is 4.74 Å². The molecule has 1 fully saturated rings. The van der Waals surface area contributed by atoms with E-state index in [-0.39, 0.29) is 29.2 Å². The zero-order valence-electron chi connectivity index (χ0n) is 14.3. The average molecular weight is 370 g/mol. The Kier molecular flexibility index (Phi) is 5.99. The minimum Gasteiger partial charge on any atom is -0.619 e. The van der Waals surface area contributed by atoms with Crippen LogP contribution < -0.4 is 4.73 Å². The molecule has 1 aliphatic heterocycles. The molecular weight excluding hydrogens is 348 g/mol. The molecule has 1 saturated heterocycles. The SMILES string of the molecule is CC[C@@H](C)N(C(=O)COC(=O)c1cc[n+]([O-])cc1)[C@H]1CCS(=O)(=O)C1. The third-order valence-corrected chi connectivity index (χ3v) is 6.07. The average Bonchev–Trinajstić information content (AvgIpc) is 2.92. The number of carbonyl (C=O) groups is 2. The highest BCUT2D eigenvalue weighted by molar-refractivity contribution is 7.91. The molecule has 0 spiro atoms. The maximum atomic E-state index is 12.5. The van der Waals surface area contributed by atoms with Crippen molar-refractivity contribution in [2.24, 2.45) is 0 Å². The molecule has 8 nitrogen and oxygen atoms in total. The van der Waals surface area contributed by atoms with Gasteiger partial charge >= 0.3 is 5.97 Å². The fourth-order valence-electron chi connectivity index (χ4n) is 2.83. The van der Waals surface area contributed by atoms with Gasteiger partial charge in [0.15, 0.2) is 28.8 Å². The molecule has 2 heterocycles. The van der Waals surface area contributed by atoms with Gasteiger partial charge in [-0.1, -0.05) is 6.92 Å². The van der Waals surface area contributed by atoms with Gasteiger partial charge < -0.3 is 14.8 Å². The van der Waals surface area contributed by atoms with Gasteiger partial charge in [-0.2, -0.15) is 4.73 Å². The number of hydrogen-bond donors (Lipinski definition) is 0. The Morgan fingerprint density at radius 3 is 2.56 bits per heavy atom. The highest BCUT2D eigenvalue weighted by Gasteiger charge is 2.36. The summed E-state index contributed by atoms with van der Waals surface area (Å²) in [6.45, 7) is 3.28. The summed E-state index contributed by atoms with van der Waals surface area (Å²) in [5.74, 6) is -1.12. The number of pyridine rings is 1. The Morgan fingerprint density at radius 2 is 2.04 bits per heavy atom. The van der Waals surface area contributed by atoms with Crippen molar-refractivity contribution in [3.63, 3.8) is 0 Å². The van der Waals surface area contributed by atoms with Crippen LogP contribution in [0, 0.1) is 5.21 Å². The number of rotatable bonds is 6. The topological polar surface area (TPSA) is 108 Å². The van der Waals surface area contributed by atoms with Crippen molar-refractivity contribution in [3.05, 3.63) is 35.3 Å². The molecule has 0 bridgehead atoms. The highest BCUT2D eigenvalue weighted by Crippen LogP contribution is 2.21. The van der Waals surface area contributed by atoms with Gasteiger partial charge in [0.25, 0.3) is 5.91 Å². The van der Waals surface area contributed by atoms with Gasteiger partial charge in [0.2, 0.25) is 0 Å². The number of esters is 1. The van der Waals surface area contributed by atoms with E-state index in [1.54, 1.807) is 0 Å². The number of nitrogens with zero attached hydrogens (tertiary/aromatic N) is 2. The Bertz CT molecular complexity index is 731. The van der Waals surface area contributed by atoms with Crippen LogP contribution in [0.2, 0.25) is 0 Å². The lowest BCUT2D eigenvalue weighted by Gasteiger charge is -2.33. The Hall–Kier alpha value is -2.16. The molecule has 25 heavy (non-hydrogen) atoms. The van der Waals surface area contributed by atoms with Crippen LogP contribution >= 0.6 is 0 Å². The molecular formula is C16H22N2O6S. The Morgan fingerprint density at radius 1 is 1.40 bits per heavy atom. The minimum atomic E-state index is -3.13. The number of amides is 1. The quantitative estimate of drug-likeness (QED) is 0.405. The molecule has 2 atom stereocenters. The van der Waals surface area contributed by atoms with E-state index in [1.807, 2.05) is 13.8 Å². The number of aromatic nitrogens is 1. The molecule has 1 amide bonds. The second-order valence-corrected chi connectivity index (χ2v) is 8.37. The van der Waals surface area contributed by atoms with Gasteiger partial charge in [-0.25, -0.2) is 13.2 Å². The standard InChI is InChI=1S/C16H22N2O6S/c1-3-12(2)18(14-6-9-25(22,23)11-14)15(19)10-24-16(20)13-4-7-17(21)8-5-13/h4-5,7-8,12,14H,3,6,9-11H2,1-2H3/t12-,14+/m1/s1. The van der Waals surface area contributed by atoms with Gasteiger partial charge in [-0.3, -0.25) is 4.79 Å². The van der Waals surface area contributed by atoms with Gasteiger partial charge in [-0.15, -0.1) is 0 Å². The zero-order valence-corrected chi connectivity index (χ0v) is 15.1. The molecule has 1 aliphatic rings. The normalized spacial score (nSPS) is 20.0. The van der Waals surface area contributed by atoms with Crippen molar-refractivity contribution in [2.75, 3.05) is 18.1 Å². The van der Waals surface area contributed by atoms with Crippen molar-refractivity contribution < 1.29 is 27.5 Å². The molecule has 138 valence electrons. The van der Waals surface area contributed by atoms with Crippen LogP contribution in [0.1, 0.15) is 37.0 Å². The van der Waals surface area contributed by atoms with E-state index in [1.165, 1.54) is 17.0 Å². The lowest BCUT2D eigenvalue weighted by atomic mass is 10.1. The molecule has 0 aliphatic carbocycles. The highest BCUT2D eigenvalue weighted by atomic mass is 32.2. The molecule has 1 aromatic rings. The fraction of sp³-hybridized carbons (Fsp3) is 0.562. The third kappa shape index (κ3) is 4.91. The lowest BCUT2D eigenvalue weighted by Crippen LogP contribution is -2.48. The van der Waals surface area contributed by atoms with Crippen molar-refractivity contribution in [1.29, 1.82) is 0 Å². The third-order valence-electron chi connectivity index (χ3n) is 4.32. The maximum absolute atomic E-state index is 12.5. The molecule has 0 N–H and O–H groups in total. The minimum absolute atomic E-state index is 0.0563. The molecule has 9 heteroatoms. The summed E-state index contributed by atoms with van der Waals surface area (Å²) < 4.78 is 29.0. The van der Waals surface area contributed by atoms with Crippen LogP contribution in [-0.2, 0) is 19.4 Å². The van der Waals surface area contributed by atoms with E-state index >= 15 is 0 Å². The summed E-state index contributed by atoms with van der Waals surface area (Å²) >= 11 is 0. The number of carbonyl (C=O) groups excluding carboxylic acids is 2. The molecule has 2 rings (SSSR count). The van der Waals surface area contributed by atoms with Crippen LogP contribution in [0.3, 0.4) is 0 Å². The van der Waals surface area contributed by atoms with E-state index in [9.17, 15) is 23.2 Å². The first-order chi connectivity index (χ1) is 11.7. The number of sulfone groups is 1. The summed E-state index contributed by atoms with van der Waals surface area (Å²) in [5, 5.41) is 11.0. The van der Waals surface area contributed by atoms with Gasteiger partial charge in [0, 0.05) is 24.2 Å². The predicted octanol–water partition coefficient (Wildman–Crippen LogP) is 0.291. The largest absolute Gasteiger partial charge is 0.619 e. The van der Waals surface area contributed by atoms with Crippen molar-refractivity contribution in [3.8, 4) is 0 Å². The first-order valence-electron chi connectivity index (χ1n) is 8.11. The Balaban J connectivity index is 2.02. The van der Waals surface area contributed by atoms with E-state index in [0.717, 1.165) is 12.4 Å². The van der Waals surface area contributed by atoms with Gasteiger partial charge in [-0.05, 0) is 19.8 Å². The van der Waals surface area contributed by atoms with Crippen LogP contribution in [0.25, 0.3) is 0 Å². The molecule has 0 unspecified atom stereocenters. The van der Waals surface area contributed by atoms with Crippen LogP contribution in [-0.4, -0.2) is 55.4 Å². The number of ether oxygens (including phenoxy) is 1. The smallest absolute Gasteiger partial charge is 0.339 e. The monoisotopic (exact) mass is 370 g/mol. The van der Waals surface area contributed by atoms with Crippen LogP contribution in [0.4, 0.5) is 0 Å². The first kappa shape index (κ1) is 19.2. The molecule has 0 radical (unpaired) electrons. The van der Waals surface area contributed by atoms with Crippen LogP contribution in [0.5, 0.6) is 0 Å². The first-order valence-corrected chi connectivity index (χ1v) is 9.93.